The molecule has 1 rings (SSSR count). The summed E-state index contributed by atoms with van der Waals surface area (Å²) in [6.07, 6.45) is 2.04. The molecule has 0 aromatic heterocycles. The summed E-state index contributed by atoms with van der Waals surface area (Å²) < 4.78 is 49.0. The van der Waals surface area contributed by atoms with Crippen molar-refractivity contribution in [2.45, 2.75) is 6.92 Å². The summed E-state index contributed by atoms with van der Waals surface area (Å²) in [6, 6.07) is 6.21. The average Bonchev–Trinajstić information content (AvgIpc) is 2.32. The predicted octanol–water partition coefficient (Wildman–Crippen LogP) is -0.0398. The third-order valence-corrected chi connectivity index (χ3v) is 4.48. The Morgan fingerprint density at radius 1 is 1.09 bits per heavy atom. The molecule has 0 spiro atoms. The van der Waals surface area contributed by atoms with Crippen LogP contribution in [0.1, 0.15) is 6.92 Å². The van der Waals surface area contributed by atoms with E-state index in [1.165, 1.54) is 19.1 Å². The van der Waals surface area contributed by atoms with Gasteiger partial charge in [-0.25, -0.2) is 21.6 Å². The molecule has 0 aliphatic carbocycles. The number of amides is 1. The molecular formula is C12H19N3O5S2. The standard InChI is InChI=1S/C12H19N3O5S2/c1-10(16)14-11-4-6-12(7-5-11)15(22(3,19)20)9-8-13-21(2,17)18/h4-7,13H,8-9H2,1-3H3,(H,14,16). The Morgan fingerprint density at radius 3 is 2.05 bits per heavy atom. The monoisotopic (exact) mass is 349 g/mol. The van der Waals surface area contributed by atoms with Gasteiger partial charge in [0.25, 0.3) is 0 Å². The van der Waals surface area contributed by atoms with Crippen molar-refractivity contribution in [1.82, 2.24) is 4.72 Å². The maximum absolute atomic E-state index is 11.8. The first-order valence-electron chi connectivity index (χ1n) is 6.29. The van der Waals surface area contributed by atoms with E-state index < -0.39 is 20.0 Å². The molecule has 22 heavy (non-hydrogen) atoms. The van der Waals surface area contributed by atoms with Gasteiger partial charge in [-0.2, -0.15) is 0 Å². The molecule has 0 fully saturated rings. The summed E-state index contributed by atoms with van der Waals surface area (Å²) in [5, 5.41) is 2.57. The quantitative estimate of drug-likeness (QED) is 0.717. The van der Waals surface area contributed by atoms with Gasteiger partial charge in [-0.1, -0.05) is 0 Å². The van der Waals surface area contributed by atoms with Crippen molar-refractivity contribution in [3.63, 3.8) is 0 Å². The summed E-state index contributed by atoms with van der Waals surface area (Å²) in [5.41, 5.74) is 0.922. The van der Waals surface area contributed by atoms with Crippen LogP contribution in [0, 0.1) is 0 Å². The van der Waals surface area contributed by atoms with E-state index in [1.54, 1.807) is 12.1 Å². The Labute approximate surface area is 130 Å². The highest BCUT2D eigenvalue weighted by Gasteiger charge is 2.17. The predicted molar refractivity (Wildman–Crippen MR) is 85.8 cm³/mol. The number of nitrogens with zero attached hydrogens (tertiary/aromatic N) is 1. The Morgan fingerprint density at radius 2 is 1.64 bits per heavy atom. The lowest BCUT2D eigenvalue weighted by Gasteiger charge is -2.22. The van der Waals surface area contributed by atoms with Crippen molar-refractivity contribution in [2.75, 3.05) is 35.2 Å². The molecule has 0 bridgehead atoms. The molecule has 0 saturated heterocycles. The van der Waals surface area contributed by atoms with E-state index in [0.29, 0.717) is 11.4 Å². The fourth-order valence-corrected chi connectivity index (χ4v) is 3.12. The average molecular weight is 349 g/mol. The molecule has 0 heterocycles. The van der Waals surface area contributed by atoms with E-state index in [2.05, 4.69) is 10.0 Å². The number of carbonyl (C=O) groups excluding carboxylic acids is 1. The van der Waals surface area contributed by atoms with E-state index in [1.807, 2.05) is 0 Å². The maximum Gasteiger partial charge on any atom is 0.232 e. The van der Waals surface area contributed by atoms with Gasteiger partial charge < -0.3 is 5.32 Å². The van der Waals surface area contributed by atoms with Gasteiger partial charge in [-0.3, -0.25) is 9.10 Å². The molecule has 8 nitrogen and oxygen atoms in total. The first-order chi connectivity index (χ1) is 9.99. The van der Waals surface area contributed by atoms with Crippen molar-refractivity contribution >= 4 is 37.3 Å². The van der Waals surface area contributed by atoms with Crippen LogP contribution in [-0.4, -0.2) is 48.3 Å². The normalized spacial score (nSPS) is 12.0. The fourth-order valence-electron chi connectivity index (χ4n) is 1.73. The number of carbonyl (C=O) groups is 1. The first-order valence-corrected chi connectivity index (χ1v) is 10.0. The number of benzene rings is 1. The molecule has 0 saturated carbocycles. The van der Waals surface area contributed by atoms with Gasteiger partial charge in [-0.05, 0) is 24.3 Å². The smallest absolute Gasteiger partial charge is 0.232 e. The van der Waals surface area contributed by atoms with Crippen LogP contribution in [0.25, 0.3) is 0 Å². The van der Waals surface area contributed by atoms with Crippen LogP contribution in [0.5, 0.6) is 0 Å². The minimum Gasteiger partial charge on any atom is -0.326 e. The fraction of sp³-hybridized carbons (Fsp3) is 0.417. The second-order valence-electron chi connectivity index (χ2n) is 4.73. The lowest BCUT2D eigenvalue weighted by Crippen LogP contribution is -2.37. The van der Waals surface area contributed by atoms with Gasteiger partial charge in [-0.15, -0.1) is 0 Å². The molecule has 0 aliphatic rings. The lowest BCUT2D eigenvalue weighted by molar-refractivity contribution is -0.114. The molecule has 10 heteroatoms. The van der Waals surface area contributed by atoms with Gasteiger partial charge in [0.2, 0.25) is 26.0 Å². The molecule has 0 aliphatic heterocycles. The highest BCUT2D eigenvalue weighted by Crippen LogP contribution is 2.20. The molecule has 1 aromatic rings. The zero-order chi connectivity index (χ0) is 17.0. The van der Waals surface area contributed by atoms with Crippen LogP contribution in [-0.2, 0) is 24.8 Å². The van der Waals surface area contributed by atoms with E-state index in [0.717, 1.165) is 16.8 Å². The van der Waals surface area contributed by atoms with Crippen LogP contribution < -0.4 is 14.3 Å². The Balaban J connectivity index is 2.91. The minimum atomic E-state index is -3.56. The minimum absolute atomic E-state index is 0.0363. The second kappa shape index (κ2) is 7.07. The van der Waals surface area contributed by atoms with Gasteiger partial charge in [0, 0.05) is 25.7 Å². The topological polar surface area (TPSA) is 113 Å². The molecule has 124 valence electrons. The van der Waals surface area contributed by atoms with Crippen LogP contribution >= 0.6 is 0 Å². The SMILES string of the molecule is CC(=O)Nc1ccc(N(CCNS(C)(=O)=O)S(C)(=O)=O)cc1. The maximum atomic E-state index is 11.8. The molecule has 0 radical (unpaired) electrons. The number of hydrogen-bond acceptors (Lipinski definition) is 5. The van der Waals surface area contributed by atoms with E-state index in [9.17, 15) is 21.6 Å². The Bertz CT molecular complexity index is 727. The second-order valence-corrected chi connectivity index (χ2v) is 8.47. The number of sulfonamides is 2. The van der Waals surface area contributed by atoms with Crippen LogP contribution in [0.4, 0.5) is 11.4 Å². The van der Waals surface area contributed by atoms with Crippen LogP contribution in [0.2, 0.25) is 0 Å². The lowest BCUT2D eigenvalue weighted by atomic mass is 10.2. The zero-order valence-electron chi connectivity index (χ0n) is 12.5. The van der Waals surface area contributed by atoms with Crippen LogP contribution in [0.3, 0.4) is 0 Å². The van der Waals surface area contributed by atoms with Gasteiger partial charge >= 0.3 is 0 Å². The molecule has 2 N–H and O–H groups in total. The largest absolute Gasteiger partial charge is 0.326 e. The number of rotatable bonds is 7. The van der Waals surface area contributed by atoms with Crippen molar-refractivity contribution in [3.05, 3.63) is 24.3 Å². The van der Waals surface area contributed by atoms with E-state index in [4.69, 9.17) is 0 Å². The van der Waals surface area contributed by atoms with Crippen molar-refractivity contribution < 1.29 is 21.6 Å². The van der Waals surface area contributed by atoms with Crippen molar-refractivity contribution in [1.29, 1.82) is 0 Å². The van der Waals surface area contributed by atoms with Gasteiger partial charge in [0.15, 0.2) is 0 Å². The Hall–Kier alpha value is -1.65. The summed E-state index contributed by atoms with van der Waals surface area (Å²) in [6.45, 7) is 1.29. The zero-order valence-corrected chi connectivity index (χ0v) is 14.2. The number of anilines is 2. The third kappa shape index (κ3) is 6.41. The summed E-state index contributed by atoms with van der Waals surface area (Å²) >= 11 is 0. The first kappa shape index (κ1) is 18.4. The Kier molecular flexibility index (Phi) is 5.92. The summed E-state index contributed by atoms with van der Waals surface area (Å²) in [5.74, 6) is -0.231. The molecule has 1 amide bonds. The van der Waals surface area contributed by atoms with E-state index in [-0.39, 0.29) is 19.0 Å². The van der Waals surface area contributed by atoms with Gasteiger partial charge in [0.05, 0.1) is 18.2 Å². The van der Waals surface area contributed by atoms with Crippen LogP contribution in [0.15, 0.2) is 24.3 Å². The van der Waals surface area contributed by atoms with Gasteiger partial charge in [0.1, 0.15) is 0 Å². The molecule has 0 unspecified atom stereocenters. The summed E-state index contributed by atoms with van der Waals surface area (Å²) in [4.78, 5) is 10.9. The third-order valence-electron chi connectivity index (χ3n) is 2.56. The molecule has 0 atom stereocenters. The van der Waals surface area contributed by atoms with Crippen molar-refractivity contribution in [3.8, 4) is 0 Å². The highest BCUT2D eigenvalue weighted by atomic mass is 32.2. The van der Waals surface area contributed by atoms with Crippen molar-refractivity contribution in [2.24, 2.45) is 0 Å². The number of hydrogen-bond donors (Lipinski definition) is 2. The molecular weight excluding hydrogens is 330 g/mol. The van der Waals surface area contributed by atoms with E-state index >= 15 is 0 Å². The summed E-state index contributed by atoms with van der Waals surface area (Å²) in [7, 11) is -6.95. The molecule has 1 aromatic carbocycles. The number of nitrogens with one attached hydrogen (secondary N) is 2. The highest BCUT2D eigenvalue weighted by molar-refractivity contribution is 7.92.